The molecule has 0 fully saturated rings. The third-order valence-corrected chi connectivity index (χ3v) is 7.69. The van der Waals surface area contributed by atoms with E-state index in [1.165, 1.54) is 12.0 Å². The molecule has 10 heteroatoms. The fourth-order valence-electron chi connectivity index (χ4n) is 5.52. The van der Waals surface area contributed by atoms with E-state index in [2.05, 4.69) is 4.98 Å². The Morgan fingerprint density at radius 3 is 2.61 bits per heavy atom. The molecule has 0 saturated heterocycles. The highest BCUT2D eigenvalue weighted by molar-refractivity contribution is 5.90. The van der Waals surface area contributed by atoms with Gasteiger partial charge < -0.3 is 28.5 Å². The molecule has 0 bridgehead atoms. The third-order valence-electron chi connectivity index (χ3n) is 7.69. The lowest BCUT2D eigenvalue weighted by Gasteiger charge is -2.33. The first-order chi connectivity index (χ1) is 19.7. The fourth-order valence-corrected chi connectivity index (χ4v) is 5.52. The monoisotopic (exact) mass is 560 g/mol. The van der Waals surface area contributed by atoms with Gasteiger partial charge in [0.15, 0.2) is 6.61 Å². The summed E-state index contributed by atoms with van der Waals surface area (Å²) in [7, 11) is 1.31. The minimum absolute atomic E-state index is 0.0797. The second-order valence-corrected chi connectivity index (χ2v) is 10.0. The second kappa shape index (κ2) is 11.5. The maximum absolute atomic E-state index is 13.4. The molecular formula is C31H32N2O8. The molecule has 0 spiro atoms. The van der Waals surface area contributed by atoms with Crippen molar-refractivity contribution in [2.24, 2.45) is 0 Å². The predicted molar refractivity (Wildman–Crippen MR) is 151 cm³/mol. The van der Waals surface area contributed by atoms with E-state index in [1.54, 1.807) is 26.0 Å². The number of hydrogen-bond acceptors (Lipinski definition) is 8. The van der Waals surface area contributed by atoms with E-state index < -0.39 is 17.6 Å². The number of benzene rings is 2. The van der Waals surface area contributed by atoms with Gasteiger partial charge in [-0.2, -0.15) is 0 Å². The molecule has 1 unspecified atom stereocenters. The number of aryl methyl sites for hydroxylation is 2. The van der Waals surface area contributed by atoms with Gasteiger partial charge in [0, 0.05) is 46.0 Å². The summed E-state index contributed by atoms with van der Waals surface area (Å²) >= 11 is 0. The molecule has 1 amide bonds. The summed E-state index contributed by atoms with van der Waals surface area (Å²) in [4.78, 5) is 55.5. The van der Waals surface area contributed by atoms with Gasteiger partial charge in [-0.25, -0.2) is 9.59 Å². The van der Waals surface area contributed by atoms with Crippen molar-refractivity contribution in [2.75, 3.05) is 20.3 Å². The molecule has 2 aromatic heterocycles. The van der Waals surface area contributed by atoms with Gasteiger partial charge in [-0.3, -0.25) is 9.59 Å². The van der Waals surface area contributed by atoms with E-state index in [9.17, 15) is 19.2 Å². The van der Waals surface area contributed by atoms with E-state index >= 15 is 0 Å². The van der Waals surface area contributed by atoms with Gasteiger partial charge in [0.05, 0.1) is 20.3 Å². The van der Waals surface area contributed by atoms with Gasteiger partial charge in [0.25, 0.3) is 5.91 Å². The van der Waals surface area contributed by atoms with Crippen LogP contribution in [0.25, 0.3) is 21.9 Å². The van der Waals surface area contributed by atoms with E-state index in [0.717, 1.165) is 27.7 Å². The van der Waals surface area contributed by atoms with Crippen molar-refractivity contribution >= 4 is 39.7 Å². The number of methoxy groups -OCH3 is 1. The average molecular weight is 561 g/mol. The summed E-state index contributed by atoms with van der Waals surface area (Å²) in [6, 6.07) is 10.5. The molecule has 2 aromatic carbocycles. The molecule has 5 rings (SSSR count). The number of hydrogen-bond donors (Lipinski definition) is 1. The molecule has 10 nitrogen and oxygen atoms in total. The predicted octanol–water partition coefficient (Wildman–Crippen LogP) is 3.89. The van der Waals surface area contributed by atoms with Crippen LogP contribution in [0.5, 0.6) is 5.75 Å². The van der Waals surface area contributed by atoms with Gasteiger partial charge in [-0.15, -0.1) is 0 Å². The smallest absolute Gasteiger partial charge is 0.339 e. The highest BCUT2D eigenvalue weighted by Crippen LogP contribution is 2.32. The van der Waals surface area contributed by atoms with Crippen molar-refractivity contribution in [2.45, 2.75) is 52.6 Å². The lowest BCUT2D eigenvalue weighted by molar-refractivity contribution is -0.154. The topological polar surface area (TPSA) is 128 Å². The van der Waals surface area contributed by atoms with Crippen LogP contribution in [0, 0.1) is 13.8 Å². The lowest BCUT2D eigenvalue weighted by Crippen LogP contribution is -2.50. The number of aromatic amines is 1. The highest BCUT2D eigenvalue weighted by atomic mass is 16.5. The third kappa shape index (κ3) is 5.29. The maximum atomic E-state index is 13.4. The largest absolute Gasteiger partial charge is 0.483 e. The van der Waals surface area contributed by atoms with Crippen molar-refractivity contribution in [3.8, 4) is 5.75 Å². The van der Waals surface area contributed by atoms with Gasteiger partial charge >= 0.3 is 17.6 Å². The number of ether oxygens (including phenoxy) is 3. The molecule has 214 valence electrons. The number of para-hydroxylation sites is 1. The van der Waals surface area contributed by atoms with Gasteiger partial charge in [0.2, 0.25) is 0 Å². The quantitative estimate of drug-likeness (QED) is 0.254. The molecule has 41 heavy (non-hydrogen) atoms. The zero-order chi connectivity index (χ0) is 29.3. The summed E-state index contributed by atoms with van der Waals surface area (Å²) < 4.78 is 21.5. The number of amides is 1. The Morgan fingerprint density at radius 2 is 1.85 bits per heavy atom. The van der Waals surface area contributed by atoms with Crippen LogP contribution in [-0.4, -0.2) is 54.1 Å². The van der Waals surface area contributed by atoms with Crippen molar-refractivity contribution in [1.29, 1.82) is 0 Å². The number of nitrogens with zero attached hydrogens (tertiary/aromatic N) is 1. The van der Waals surface area contributed by atoms with Crippen LogP contribution >= 0.6 is 0 Å². The Bertz CT molecular complexity index is 1720. The number of aromatic nitrogens is 1. The van der Waals surface area contributed by atoms with Crippen molar-refractivity contribution in [3.05, 3.63) is 74.8 Å². The average Bonchev–Trinajstić information content (AvgIpc) is 3.33. The minimum Gasteiger partial charge on any atom is -0.483 e. The number of H-pyrrole nitrogens is 1. The van der Waals surface area contributed by atoms with E-state index in [0.29, 0.717) is 34.3 Å². The molecule has 0 radical (unpaired) electrons. The fraction of sp³-hybridized carbons (Fsp3) is 0.355. The van der Waals surface area contributed by atoms with E-state index in [-0.39, 0.29) is 44.5 Å². The first-order valence-electron chi connectivity index (χ1n) is 13.5. The SMILES string of the molecule is CCOC(=O)CCc1c(C)c2ccc(OCC(=O)N3Cc4[nH]c5ccccc5c4CC3C(=O)OC)c(C)c2oc1=O. The van der Waals surface area contributed by atoms with Gasteiger partial charge in [0.1, 0.15) is 17.4 Å². The number of carbonyl (C=O) groups is 3. The molecular weight excluding hydrogens is 528 g/mol. The Kier molecular flexibility index (Phi) is 7.83. The summed E-state index contributed by atoms with van der Waals surface area (Å²) in [6.07, 6.45) is 0.621. The molecule has 0 aliphatic carbocycles. The Hall–Kier alpha value is -4.60. The minimum atomic E-state index is -0.783. The summed E-state index contributed by atoms with van der Waals surface area (Å²) in [5.74, 6) is -0.867. The lowest BCUT2D eigenvalue weighted by atomic mass is 9.96. The van der Waals surface area contributed by atoms with Crippen LogP contribution < -0.4 is 10.4 Å². The van der Waals surface area contributed by atoms with Crippen LogP contribution in [0.2, 0.25) is 0 Å². The van der Waals surface area contributed by atoms with Gasteiger partial charge in [-0.1, -0.05) is 18.2 Å². The Balaban J connectivity index is 1.36. The zero-order valence-electron chi connectivity index (χ0n) is 23.5. The van der Waals surface area contributed by atoms with Crippen LogP contribution in [0.4, 0.5) is 0 Å². The molecule has 0 saturated carbocycles. The first-order valence-corrected chi connectivity index (χ1v) is 13.5. The summed E-state index contributed by atoms with van der Waals surface area (Å²) in [6.45, 7) is 5.46. The molecule has 1 N–H and O–H groups in total. The molecule has 1 atom stereocenters. The van der Waals surface area contributed by atoms with Crippen LogP contribution in [0.3, 0.4) is 0 Å². The molecule has 4 aromatic rings. The summed E-state index contributed by atoms with van der Waals surface area (Å²) in [5, 5.41) is 1.74. The number of nitrogens with one attached hydrogen (secondary N) is 1. The first kappa shape index (κ1) is 27.9. The van der Waals surface area contributed by atoms with Crippen molar-refractivity contribution in [3.63, 3.8) is 0 Å². The standard InChI is InChI=1S/C31H32N2O8/c1-5-39-28(35)13-11-20-17(2)19-10-12-26(18(3)29(19)41-30(20)36)40-16-27(34)33-15-24-22(14-25(33)31(37)38-4)21-8-6-7-9-23(21)32-24/h6-10,12,25,32H,5,11,13-16H2,1-4H3. The molecule has 1 aliphatic heterocycles. The van der Waals surface area contributed by atoms with E-state index in [1.807, 2.05) is 31.2 Å². The highest BCUT2D eigenvalue weighted by Gasteiger charge is 2.37. The maximum Gasteiger partial charge on any atom is 0.339 e. The van der Waals surface area contributed by atoms with Crippen molar-refractivity contribution < 1.29 is 33.0 Å². The van der Waals surface area contributed by atoms with Crippen LogP contribution in [0.1, 0.15) is 41.3 Å². The number of esters is 2. The normalized spacial score (nSPS) is 14.6. The van der Waals surface area contributed by atoms with Crippen LogP contribution in [-0.2, 0) is 43.2 Å². The van der Waals surface area contributed by atoms with Crippen LogP contribution in [0.15, 0.2) is 45.6 Å². The number of fused-ring (bicyclic) bond motifs is 4. The Labute approximate surface area is 236 Å². The van der Waals surface area contributed by atoms with Gasteiger partial charge in [-0.05, 0) is 56.5 Å². The number of carbonyl (C=O) groups excluding carboxylic acids is 3. The Morgan fingerprint density at radius 1 is 1.07 bits per heavy atom. The zero-order valence-corrected chi connectivity index (χ0v) is 23.5. The van der Waals surface area contributed by atoms with Crippen molar-refractivity contribution in [1.82, 2.24) is 9.88 Å². The number of rotatable bonds is 8. The molecule has 1 aliphatic rings. The molecule has 3 heterocycles. The second-order valence-electron chi connectivity index (χ2n) is 10.0. The van der Waals surface area contributed by atoms with E-state index in [4.69, 9.17) is 18.6 Å². The summed E-state index contributed by atoms with van der Waals surface area (Å²) in [5.41, 5.74) is 4.34.